The third-order valence-electron chi connectivity index (χ3n) is 2.70. The molecule has 1 atom stereocenters. The molecule has 0 saturated heterocycles. The Hall–Kier alpha value is -1.00. The van der Waals surface area contributed by atoms with E-state index in [2.05, 4.69) is 43.0 Å². The van der Waals surface area contributed by atoms with E-state index in [1.807, 2.05) is 0 Å². The van der Waals surface area contributed by atoms with Crippen LogP contribution in [0.5, 0.6) is 0 Å². The van der Waals surface area contributed by atoms with Crippen LogP contribution in [-0.2, 0) is 0 Å². The zero-order valence-electron chi connectivity index (χ0n) is 9.16. The minimum Gasteiger partial charge on any atom is -0.292 e. The molecule has 0 spiro atoms. The summed E-state index contributed by atoms with van der Waals surface area (Å²) in [4.78, 5) is 2.21. The van der Waals surface area contributed by atoms with Crippen LogP contribution < -0.4 is 0 Å². The number of allylic oxidation sites excluding steroid dienone is 3. The standard InChI is InChI=1S/C13H19N/c1-4-10-14(3)12(2)11-13-8-6-5-7-9-13/h1,6,8-9,12H,5,7,10-11H2,2-3H3/t12-/m1/s1. The molecular weight excluding hydrogens is 170 g/mol. The van der Waals surface area contributed by atoms with E-state index in [0.29, 0.717) is 6.04 Å². The summed E-state index contributed by atoms with van der Waals surface area (Å²) in [5, 5.41) is 0. The van der Waals surface area contributed by atoms with Crippen LogP contribution in [0.1, 0.15) is 26.2 Å². The Morgan fingerprint density at radius 2 is 2.36 bits per heavy atom. The molecule has 14 heavy (non-hydrogen) atoms. The van der Waals surface area contributed by atoms with Gasteiger partial charge in [-0.05, 0) is 33.2 Å². The predicted octanol–water partition coefficient (Wildman–Crippen LogP) is 2.61. The maximum Gasteiger partial charge on any atom is 0.0598 e. The van der Waals surface area contributed by atoms with Gasteiger partial charge in [-0.15, -0.1) is 6.42 Å². The first-order valence-corrected chi connectivity index (χ1v) is 5.23. The first-order valence-electron chi connectivity index (χ1n) is 5.23. The van der Waals surface area contributed by atoms with Gasteiger partial charge in [0.15, 0.2) is 0 Å². The molecule has 0 fully saturated rings. The van der Waals surface area contributed by atoms with Crippen molar-refractivity contribution in [3.8, 4) is 12.3 Å². The summed E-state index contributed by atoms with van der Waals surface area (Å²) in [6, 6.07) is 0.528. The highest BCUT2D eigenvalue weighted by Gasteiger charge is 2.09. The number of hydrogen-bond donors (Lipinski definition) is 0. The molecule has 0 aromatic heterocycles. The molecule has 0 bridgehead atoms. The largest absolute Gasteiger partial charge is 0.292 e. The fraction of sp³-hybridized carbons (Fsp3) is 0.538. The van der Waals surface area contributed by atoms with Gasteiger partial charge in [0.2, 0.25) is 0 Å². The molecule has 1 aliphatic rings. The van der Waals surface area contributed by atoms with Crippen LogP contribution in [0.2, 0.25) is 0 Å². The van der Waals surface area contributed by atoms with Crippen molar-refractivity contribution in [2.75, 3.05) is 13.6 Å². The Morgan fingerprint density at radius 1 is 1.57 bits per heavy atom. The Kier molecular flexibility index (Phi) is 4.49. The van der Waals surface area contributed by atoms with Crippen molar-refractivity contribution in [3.63, 3.8) is 0 Å². The summed E-state index contributed by atoms with van der Waals surface area (Å²) in [6.07, 6.45) is 15.6. The summed E-state index contributed by atoms with van der Waals surface area (Å²) in [6.45, 7) is 2.96. The second kappa shape index (κ2) is 5.67. The normalized spacial score (nSPS) is 17.7. The fourth-order valence-corrected chi connectivity index (χ4v) is 1.62. The number of hydrogen-bond acceptors (Lipinski definition) is 1. The van der Waals surface area contributed by atoms with E-state index < -0.39 is 0 Å². The van der Waals surface area contributed by atoms with E-state index in [4.69, 9.17) is 6.42 Å². The molecule has 0 radical (unpaired) electrons. The van der Waals surface area contributed by atoms with Gasteiger partial charge < -0.3 is 0 Å². The molecule has 76 valence electrons. The van der Waals surface area contributed by atoms with Gasteiger partial charge in [-0.3, -0.25) is 4.90 Å². The van der Waals surface area contributed by atoms with E-state index in [1.165, 1.54) is 18.4 Å². The number of nitrogens with zero attached hydrogens (tertiary/aromatic N) is 1. The van der Waals surface area contributed by atoms with E-state index >= 15 is 0 Å². The van der Waals surface area contributed by atoms with Crippen LogP contribution in [0.15, 0.2) is 23.8 Å². The smallest absolute Gasteiger partial charge is 0.0598 e. The molecule has 0 heterocycles. The van der Waals surface area contributed by atoms with Crippen molar-refractivity contribution in [3.05, 3.63) is 23.8 Å². The van der Waals surface area contributed by atoms with Gasteiger partial charge in [0.1, 0.15) is 0 Å². The van der Waals surface area contributed by atoms with Crippen LogP contribution >= 0.6 is 0 Å². The summed E-state index contributed by atoms with van der Waals surface area (Å²) in [5.74, 6) is 2.67. The minimum absolute atomic E-state index is 0.528. The first-order chi connectivity index (χ1) is 6.74. The average molecular weight is 189 g/mol. The highest BCUT2D eigenvalue weighted by Crippen LogP contribution is 2.16. The van der Waals surface area contributed by atoms with E-state index in [0.717, 1.165) is 13.0 Å². The van der Waals surface area contributed by atoms with Crippen molar-refractivity contribution in [1.29, 1.82) is 0 Å². The van der Waals surface area contributed by atoms with Crippen LogP contribution in [0.4, 0.5) is 0 Å². The van der Waals surface area contributed by atoms with Gasteiger partial charge in [0, 0.05) is 6.04 Å². The molecule has 0 aromatic carbocycles. The summed E-state index contributed by atoms with van der Waals surface area (Å²) in [7, 11) is 2.08. The van der Waals surface area contributed by atoms with E-state index in [-0.39, 0.29) is 0 Å². The second-order valence-electron chi connectivity index (χ2n) is 3.93. The van der Waals surface area contributed by atoms with Gasteiger partial charge in [0.05, 0.1) is 6.54 Å². The highest BCUT2D eigenvalue weighted by atomic mass is 15.1. The Balaban J connectivity index is 2.40. The summed E-state index contributed by atoms with van der Waals surface area (Å²) < 4.78 is 0. The quantitative estimate of drug-likeness (QED) is 0.614. The van der Waals surface area contributed by atoms with Crippen molar-refractivity contribution >= 4 is 0 Å². The molecule has 1 aliphatic carbocycles. The molecule has 0 amide bonds. The van der Waals surface area contributed by atoms with Crippen LogP contribution in [0.25, 0.3) is 0 Å². The molecule has 0 aromatic rings. The monoisotopic (exact) mass is 189 g/mol. The van der Waals surface area contributed by atoms with Crippen LogP contribution in [0.3, 0.4) is 0 Å². The minimum atomic E-state index is 0.528. The van der Waals surface area contributed by atoms with Crippen molar-refractivity contribution in [2.24, 2.45) is 0 Å². The van der Waals surface area contributed by atoms with Crippen LogP contribution in [-0.4, -0.2) is 24.5 Å². The third-order valence-corrected chi connectivity index (χ3v) is 2.70. The topological polar surface area (TPSA) is 3.24 Å². The van der Waals surface area contributed by atoms with Gasteiger partial charge in [-0.1, -0.05) is 29.7 Å². The SMILES string of the molecule is C#CCN(C)[C@H](C)CC1=CCCC=C1. The van der Waals surface area contributed by atoms with E-state index in [9.17, 15) is 0 Å². The van der Waals surface area contributed by atoms with E-state index in [1.54, 1.807) is 0 Å². The lowest BCUT2D eigenvalue weighted by atomic mass is 10.0. The molecule has 1 rings (SSSR count). The average Bonchev–Trinajstić information content (AvgIpc) is 2.19. The Bertz CT molecular complexity index is 267. The highest BCUT2D eigenvalue weighted by molar-refractivity contribution is 5.22. The molecule has 0 aliphatic heterocycles. The van der Waals surface area contributed by atoms with Crippen molar-refractivity contribution in [2.45, 2.75) is 32.2 Å². The van der Waals surface area contributed by atoms with Crippen molar-refractivity contribution < 1.29 is 0 Å². The maximum absolute atomic E-state index is 5.28. The van der Waals surface area contributed by atoms with Gasteiger partial charge >= 0.3 is 0 Å². The number of terminal acetylenes is 1. The Morgan fingerprint density at radius 3 is 2.93 bits per heavy atom. The molecule has 0 unspecified atom stereocenters. The van der Waals surface area contributed by atoms with Gasteiger partial charge in [0.25, 0.3) is 0 Å². The summed E-state index contributed by atoms with van der Waals surface area (Å²) in [5.41, 5.74) is 1.45. The zero-order chi connectivity index (χ0) is 10.4. The lowest BCUT2D eigenvalue weighted by molar-refractivity contribution is 0.287. The molecule has 1 nitrogen and oxygen atoms in total. The molecule has 0 saturated carbocycles. The van der Waals surface area contributed by atoms with Crippen molar-refractivity contribution in [1.82, 2.24) is 4.90 Å². The lowest BCUT2D eigenvalue weighted by Crippen LogP contribution is -2.29. The fourth-order valence-electron chi connectivity index (χ4n) is 1.62. The molecular formula is C13H19N. The predicted molar refractivity (Wildman–Crippen MR) is 62.0 cm³/mol. The second-order valence-corrected chi connectivity index (χ2v) is 3.93. The zero-order valence-corrected chi connectivity index (χ0v) is 9.16. The Labute approximate surface area is 87.5 Å². The first kappa shape index (κ1) is 11.1. The molecule has 1 heteroatoms. The van der Waals surface area contributed by atoms with Crippen LogP contribution in [0, 0.1) is 12.3 Å². The molecule has 0 N–H and O–H groups in total. The third kappa shape index (κ3) is 3.40. The summed E-state index contributed by atoms with van der Waals surface area (Å²) >= 11 is 0. The maximum atomic E-state index is 5.28. The number of rotatable bonds is 4. The van der Waals surface area contributed by atoms with Gasteiger partial charge in [-0.25, -0.2) is 0 Å². The lowest BCUT2D eigenvalue weighted by Gasteiger charge is -2.23. The van der Waals surface area contributed by atoms with Gasteiger partial charge in [-0.2, -0.15) is 0 Å².